The molecule has 3 rings (SSSR count). The van der Waals surface area contributed by atoms with Gasteiger partial charge in [0.2, 0.25) is 5.95 Å². The van der Waals surface area contributed by atoms with Crippen molar-refractivity contribution >= 4 is 5.95 Å². The minimum Gasteiger partial charge on any atom is -0.368 e. The molecule has 0 aliphatic rings. The normalized spacial score (nSPS) is 10.6. The maximum Gasteiger partial charge on any atom is 0.257 e. The Morgan fingerprint density at radius 3 is 2.68 bits per heavy atom. The van der Waals surface area contributed by atoms with E-state index in [1.165, 1.54) is 17.3 Å². The third-order valence-corrected chi connectivity index (χ3v) is 2.65. The van der Waals surface area contributed by atoms with Crippen molar-refractivity contribution in [3.63, 3.8) is 0 Å². The number of nitrogens with two attached hydrogens (primary N) is 1. The number of nitrogens with zero attached hydrogens (tertiary/aromatic N) is 6. The number of hydrogen-bond acceptors (Lipinski definition) is 6. The van der Waals surface area contributed by atoms with Gasteiger partial charge in [0.15, 0.2) is 5.82 Å². The zero-order chi connectivity index (χ0) is 13.2. The van der Waals surface area contributed by atoms with Crippen LogP contribution in [-0.4, -0.2) is 29.7 Å². The Morgan fingerprint density at radius 1 is 1.11 bits per heavy atom. The third-order valence-electron chi connectivity index (χ3n) is 2.65. The summed E-state index contributed by atoms with van der Waals surface area (Å²) in [7, 11) is 0. The van der Waals surface area contributed by atoms with Crippen molar-refractivity contribution in [1.29, 1.82) is 0 Å². The molecule has 0 fully saturated rings. The Bertz CT molecular complexity index is 706. The molecule has 0 spiro atoms. The van der Waals surface area contributed by atoms with Crippen LogP contribution in [0.5, 0.6) is 0 Å². The van der Waals surface area contributed by atoms with E-state index in [9.17, 15) is 0 Å². The molecule has 94 valence electrons. The van der Waals surface area contributed by atoms with Gasteiger partial charge in [0.05, 0.1) is 0 Å². The minimum absolute atomic E-state index is 0.152. The van der Waals surface area contributed by atoms with Crippen LogP contribution in [0.1, 0.15) is 5.56 Å². The van der Waals surface area contributed by atoms with Gasteiger partial charge in [-0.3, -0.25) is 0 Å². The van der Waals surface area contributed by atoms with Crippen molar-refractivity contribution in [3.05, 3.63) is 42.5 Å². The fourth-order valence-corrected chi connectivity index (χ4v) is 1.74. The van der Waals surface area contributed by atoms with Crippen LogP contribution in [0, 0.1) is 6.92 Å². The fourth-order valence-electron chi connectivity index (χ4n) is 1.74. The Hall–Kier alpha value is -2.83. The molecule has 7 nitrogen and oxygen atoms in total. The van der Waals surface area contributed by atoms with Crippen molar-refractivity contribution in [2.75, 3.05) is 5.73 Å². The summed E-state index contributed by atoms with van der Waals surface area (Å²) in [6.07, 6.45) is 2.92. The molecule has 1 aromatic carbocycles. The van der Waals surface area contributed by atoms with Gasteiger partial charge in [-0.2, -0.15) is 24.7 Å². The first-order valence-corrected chi connectivity index (χ1v) is 5.66. The van der Waals surface area contributed by atoms with E-state index in [1.54, 1.807) is 0 Å². The number of benzene rings is 1. The van der Waals surface area contributed by atoms with Crippen LogP contribution in [0.25, 0.3) is 17.3 Å². The van der Waals surface area contributed by atoms with Gasteiger partial charge in [-0.25, -0.2) is 4.98 Å². The van der Waals surface area contributed by atoms with Crippen molar-refractivity contribution in [3.8, 4) is 17.3 Å². The van der Waals surface area contributed by atoms with E-state index >= 15 is 0 Å². The first-order valence-electron chi connectivity index (χ1n) is 5.66. The molecule has 3 aromatic rings. The number of nitrogen functional groups attached to an aromatic ring is 1. The standard InChI is InChI=1S/C12H11N7/c1-8-4-2-3-5-9(8)10-16-11(13)18-12(17-10)19-7-14-6-15-19/h2-7H,1H3,(H2,13,16,17,18). The van der Waals surface area contributed by atoms with Gasteiger partial charge in [0.1, 0.15) is 12.7 Å². The molecule has 7 heteroatoms. The molecule has 2 aromatic heterocycles. The second-order valence-electron chi connectivity index (χ2n) is 3.97. The predicted octanol–water partition coefficient (Wildman–Crippen LogP) is 1.01. The smallest absolute Gasteiger partial charge is 0.257 e. The van der Waals surface area contributed by atoms with Crippen molar-refractivity contribution in [2.24, 2.45) is 0 Å². The van der Waals surface area contributed by atoms with Crippen LogP contribution in [0.3, 0.4) is 0 Å². The highest BCUT2D eigenvalue weighted by atomic mass is 15.4. The second kappa shape index (κ2) is 4.45. The van der Waals surface area contributed by atoms with Gasteiger partial charge >= 0.3 is 0 Å². The molecular weight excluding hydrogens is 242 g/mol. The second-order valence-corrected chi connectivity index (χ2v) is 3.97. The van der Waals surface area contributed by atoms with E-state index in [-0.39, 0.29) is 5.95 Å². The fraction of sp³-hybridized carbons (Fsp3) is 0.0833. The maximum absolute atomic E-state index is 5.73. The Kier molecular flexibility index (Phi) is 2.64. The lowest BCUT2D eigenvalue weighted by Gasteiger charge is -2.06. The van der Waals surface area contributed by atoms with Crippen LogP contribution in [0.15, 0.2) is 36.9 Å². The Balaban J connectivity index is 2.16. The highest BCUT2D eigenvalue weighted by Crippen LogP contribution is 2.20. The van der Waals surface area contributed by atoms with Crippen molar-refractivity contribution in [1.82, 2.24) is 29.7 Å². The topological polar surface area (TPSA) is 95.4 Å². The molecule has 0 aliphatic carbocycles. The molecule has 19 heavy (non-hydrogen) atoms. The molecule has 2 N–H and O–H groups in total. The average molecular weight is 253 g/mol. The largest absolute Gasteiger partial charge is 0.368 e. The number of anilines is 1. The lowest BCUT2D eigenvalue weighted by atomic mass is 10.1. The van der Waals surface area contributed by atoms with Gasteiger partial charge in [-0.15, -0.1) is 0 Å². The van der Waals surface area contributed by atoms with Crippen LogP contribution in [0.2, 0.25) is 0 Å². The van der Waals surface area contributed by atoms with Crippen LogP contribution in [-0.2, 0) is 0 Å². The van der Waals surface area contributed by atoms with Crippen LogP contribution in [0.4, 0.5) is 5.95 Å². The molecule has 0 aliphatic heterocycles. The predicted molar refractivity (Wildman–Crippen MR) is 69.3 cm³/mol. The molecule has 0 bridgehead atoms. The quantitative estimate of drug-likeness (QED) is 0.732. The van der Waals surface area contributed by atoms with Crippen molar-refractivity contribution < 1.29 is 0 Å². The number of aromatic nitrogens is 6. The summed E-state index contributed by atoms with van der Waals surface area (Å²) in [5.41, 5.74) is 7.71. The minimum atomic E-state index is 0.152. The van der Waals surface area contributed by atoms with Gasteiger partial charge < -0.3 is 5.73 Å². The van der Waals surface area contributed by atoms with Gasteiger partial charge in [0.25, 0.3) is 5.95 Å². The summed E-state index contributed by atoms with van der Waals surface area (Å²) in [5, 5.41) is 3.98. The first kappa shape index (κ1) is 11.3. The molecule has 0 atom stereocenters. The zero-order valence-corrected chi connectivity index (χ0v) is 10.2. The lowest BCUT2D eigenvalue weighted by molar-refractivity contribution is 0.799. The monoisotopic (exact) mass is 253 g/mol. The van der Waals surface area contributed by atoms with Gasteiger partial charge in [-0.05, 0) is 12.5 Å². The maximum atomic E-state index is 5.73. The summed E-state index contributed by atoms with van der Waals surface area (Å²) < 4.78 is 1.44. The first-order chi connectivity index (χ1) is 9.24. The molecule has 0 saturated carbocycles. The summed E-state index contributed by atoms with van der Waals surface area (Å²) in [6.45, 7) is 1.99. The van der Waals surface area contributed by atoms with Crippen molar-refractivity contribution in [2.45, 2.75) is 6.92 Å². The zero-order valence-electron chi connectivity index (χ0n) is 10.2. The van der Waals surface area contributed by atoms with Gasteiger partial charge in [0, 0.05) is 5.56 Å². The van der Waals surface area contributed by atoms with E-state index in [4.69, 9.17) is 5.73 Å². The highest BCUT2D eigenvalue weighted by Gasteiger charge is 2.10. The van der Waals surface area contributed by atoms with E-state index in [0.717, 1.165) is 11.1 Å². The number of hydrogen-bond donors (Lipinski definition) is 1. The van der Waals surface area contributed by atoms with Crippen LogP contribution >= 0.6 is 0 Å². The van der Waals surface area contributed by atoms with E-state index in [1.807, 2.05) is 31.2 Å². The number of aryl methyl sites for hydroxylation is 1. The summed E-state index contributed by atoms with van der Waals surface area (Å²) in [4.78, 5) is 16.4. The Labute approximate surface area is 109 Å². The van der Waals surface area contributed by atoms with Crippen LogP contribution < -0.4 is 5.73 Å². The average Bonchev–Trinajstić information content (AvgIpc) is 2.92. The molecular formula is C12H11N7. The van der Waals surface area contributed by atoms with E-state index in [2.05, 4.69) is 25.0 Å². The lowest BCUT2D eigenvalue weighted by Crippen LogP contribution is -2.08. The molecule has 0 unspecified atom stereocenters. The number of rotatable bonds is 2. The highest BCUT2D eigenvalue weighted by molar-refractivity contribution is 5.60. The van der Waals surface area contributed by atoms with E-state index < -0.39 is 0 Å². The van der Waals surface area contributed by atoms with Gasteiger partial charge in [-0.1, -0.05) is 24.3 Å². The molecule has 0 saturated heterocycles. The molecule has 0 amide bonds. The third kappa shape index (κ3) is 2.13. The summed E-state index contributed by atoms with van der Waals surface area (Å²) in [5.74, 6) is 1.03. The van der Waals surface area contributed by atoms with E-state index in [0.29, 0.717) is 11.8 Å². The summed E-state index contributed by atoms with van der Waals surface area (Å²) >= 11 is 0. The SMILES string of the molecule is Cc1ccccc1-c1nc(N)nc(-n2cncn2)n1. The molecule has 0 radical (unpaired) electrons. The molecule has 2 heterocycles. The Morgan fingerprint density at radius 2 is 1.95 bits per heavy atom. The summed E-state index contributed by atoms with van der Waals surface area (Å²) in [6, 6.07) is 7.82.